The molecule has 1 heterocycles. The number of hydrogen-bond donors (Lipinski definition) is 1. The van der Waals surface area contributed by atoms with E-state index in [1.165, 1.54) is 4.90 Å². The van der Waals surface area contributed by atoms with Gasteiger partial charge >= 0.3 is 6.03 Å². The smallest absolute Gasteiger partial charge is 0.325 e. The van der Waals surface area contributed by atoms with Crippen molar-refractivity contribution in [2.45, 2.75) is 58.9 Å². The highest BCUT2D eigenvalue weighted by molar-refractivity contribution is 6.09. The number of carbonyl (C=O) groups excluding carboxylic acids is 3. The van der Waals surface area contributed by atoms with E-state index in [9.17, 15) is 14.4 Å². The van der Waals surface area contributed by atoms with E-state index in [0.29, 0.717) is 31.9 Å². The molecule has 1 aliphatic carbocycles. The van der Waals surface area contributed by atoms with E-state index in [1.807, 2.05) is 31.2 Å². The quantitative estimate of drug-likeness (QED) is 0.704. The molecule has 1 saturated heterocycles. The largest absolute Gasteiger partial charge is 0.491 e. The van der Waals surface area contributed by atoms with E-state index in [0.717, 1.165) is 29.1 Å². The number of imide groups is 1. The summed E-state index contributed by atoms with van der Waals surface area (Å²) in [5.41, 5.74) is 0.375. The van der Waals surface area contributed by atoms with Gasteiger partial charge in [0.2, 0.25) is 5.91 Å². The second-order valence-electron chi connectivity index (χ2n) is 9.97. The number of aryl methyl sites for hydroxylation is 1. The van der Waals surface area contributed by atoms with Gasteiger partial charge in [-0.1, -0.05) is 39.0 Å². The first-order chi connectivity index (χ1) is 14.5. The fraction of sp³-hybridized carbons (Fsp3) is 0.625. The molecule has 7 nitrogen and oxygen atoms in total. The first-order valence-electron chi connectivity index (χ1n) is 11.1. The molecule has 31 heavy (non-hydrogen) atoms. The Morgan fingerprint density at radius 2 is 1.87 bits per heavy atom. The van der Waals surface area contributed by atoms with Crippen LogP contribution in [0.2, 0.25) is 0 Å². The Bertz CT molecular complexity index is 837. The fourth-order valence-electron chi connectivity index (χ4n) is 4.53. The minimum atomic E-state index is -0.842. The number of benzene rings is 1. The maximum atomic E-state index is 13.1. The molecular weight excluding hydrogens is 394 g/mol. The molecule has 1 saturated carbocycles. The number of carbonyl (C=O) groups is 3. The van der Waals surface area contributed by atoms with Gasteiger partial charge in [0.1, 0.15) is 24.4 Å². The van der Waals surface area contributed by atoms with E-state index in [-0.39, 0.29) is 23.8 Å². The molecule has 0 aromatic heterocycles. The molecule has 2 aliphatic rings. The van der Waals surface area contributed by atoms with Crippen molar-refractivity contribution in [2.24, 2.45) is 11.3 Å². The predicted molar refractivity (Wildman–Crippen MR) is 119 cm³/mol. The molecule has 1 aliphatic heterocycles. The number of rotatable bonds is 6. The Morgan fingerprint density at radius 3 is 2.48 bits per heavy atom. The van der Waals surface area contributed by atoms with Crippen LogP contribution in [0.25, 0.3) is 0 Å². The summed E-state index contributed by atoms with van der Waals surface area (Å²) in [6, 6.07) is 7.24. The second-order valence-corrected chi connectivity index (χ2v) is 9.97. The topological polar surface area (TPSA) is 79.0 Å². The lowest BCUT2D eigenvalue weighted by Crippen LogP contribution is -2.51. The van der Waals surface area contributed by atoms with Gasteiger partial charge in [-0.3, -0.25) is 14.5 Å². The molecule has 0 atom stereocenters. The van der Waals surface area contributed by atoms with E-state index in [2.05, 4.69) is 26.1 Å². The van der Waals surface area contributed by atoms with Gasteiger partial charge in [0.05, 0.1) is 6.54 Å². The van der Waals surface area contributed by atoms with Gasteiger partial charge in [0.15, 0.2) is 0 Å². The number of nitrogens with one attached hydrogen (secondary N) is 1. The SMILES string of the molecule is Cc1ccccc1OCCN(C)C(=O)CN1C(=O)NC2(CCC(C(C)(C)C)CC2)C1=O. The summed E-state index contributed by atoms with van der Waals surface area (Å²) in [5, 5.41) is 2.90. The van der Waals surface area contributed by atoms with Gasteiger partial charge in [-0.15, -0.1) is 0 Å². The highest BCUT2D eigenvalue weighted by Crippen LogP contribution is 2.43. The number of amides is 4. The molecule has 3 rings (SSSR count). The van der Waals surface area contributed by atoms with Crippen LogP contribution in [0.1, 0.15) is 52.0 Å². The number of likely N-dealkylation sites (N-methyl/N-ethyl adjacent to an activating group) is 1. The standard InChI is InChI=1S/C24H35N3O4/c1-17-8-6-7-9-19(17)31-15-14-26(5)20(28)16-27-21(29)24(25-22(27)30)12-10-18(11-13-24)23(2,3)4/h6-9,18H,10-16H2,1-5H3,(H,25,30). The summed E-state index contributed by atoms with van der Waals surface area (Å²) in [6.45, 7) is 9.08. The molecule has 0 bridgehead atoms. The first-order valence-corrected chi connectivity index (χ1v) is 11.1. The highest BCUT2D eigenvalue weighted by Gasteiger charge is 2.53. The zero-order valence-corrected chi connectivity index (χ0v) is 19.4. The van der Waals surface area contributed by atoms with Gasteiger partial charge in [-0.25, -0.2) is 4.79 Å². The third-order valence-corrected chi connectivity index (χ3v) is 6.81. The Morgan fingerprint density at radius 1 is 1.23 bits per heavy atom. The van der Waals surface area contributed by atoms with Crippen LogP contribution < -0.4 is 10.1 Å². The van der Waals surface area contributed by atoms with E-state index < -0.39 is 11.6 Å². The lowest BCUT2D eigenvalue weighted by atomic mass is 9.67. The van der Waals surface area contributed by atoms with Crippen LogP contribution in [0.15, 0.2) is 24.3 Å². The lowest BCUT2D eigenvalue weighted by molar-refractivity contribution is -0.139. The van der Waals surface area contributed by atoms with Gasteiger partial charge < -0.3 is 15.0 Å². The Labute approximate surface area is 185 Å². The summed E-state index contributed by atoms with van der Waals surface area (Å²) >= 11 is 0. The number of urea groups is 1. The summed E-state index contributed by atoms with van der Waals surface area (Å²) < 4.78 is 5.74. The Kier molecular flexibility index (Phi) is 6.62. The zero-order chi connectivity index (χ0) is 22.8. The van der Waals surface area contributed by atoms with Crippen molar-refractivity contribution in [3.63, 3.8) is 0 Å². The molecule has 1 aromatic rings. The number of nitrogens with zero attached hydrogens (tertiary/aromatic N) is 2. The minimum absolute atomic E-state index is 0.187. The number of ether oxygens (including phenoxy) is 1. The maximum absolute atomic E-state index is 13.1. The van der Waals surface area contributed by atoms with Crippen molar-refractivity contribution in [1.82, 2.24) is 15.1 Å². The second kappa shape index (κ2) is 8.89. The van der Waals surface area contributed by atoms with Crippen molar-refractivity contribution in [3.8, 4) is 5.75 Å². The van der Waals surface area contributed by atoms with Gasteiger partial charge in [0, 0.05) is 7.05 Å². The van der Waals surface area contributed by atoms with Gasteiger partial charge in [0.25, 0.3) is 5.91 Å². The molecule has 0 radical (unpaired) electrons. The zero-order valence-electron chi connectivity index (χ0n) is 19.4. The predicted octanol–water partition coefficient (Wildman–Crippen LogP) is 3.36. The maximum Gasteiger partial charge on any atom is 0.325 e. The third kappa shape index (κ3) is 5.02. The van der Waals surface area contributed by atoms with Crippen LogP contribution in [-0.4, -0.2) is 59.9 Å². The summed E-state index contributed by atoms with van der Waals surface area (Å²) in [5.74, 6) is 0.767. The van der Waals surface area contributed by atoms with Crippen molar-refractivity contribution < 1.29 is 19.1 Å². The monoisotopic (exact) mass is 429 g/mol. The minimum Gasteiger partial charge on any atom is -0.491 e. The Hall–Kier alpha value is -2.57. The Balaban J connectivity index is 1.52. The molecule has 1 spiro atoms. The number of para-hydroxylation sites is 1. The molecular formula is C24H35N3O4. The summed E-state index contributed by atoms with van der Waals surface area (Å²) in [6.07, 6.45) is 3.05. The third-order valence-electron chi connectivity index (χ3n) is 6.81. The van der Waals surface area contributed by atoms with Crippen LogP contribution in [0.4, 0.5) is 4.79 Å². The molecule has 1 N–H and O–H groups in total. The van der Waals surface area contributed by atoms with Gasteiger partial charge in [-0.2, -0.15) is 0 Å². The normalized spacial score (nSPS) is 23.8. The van der Waals surface area contributed by atoms with Gasteiger partial charge in [-0.05, 0) is 55.6 Å². The number of hydrogen-bond acceptors (Lipinski definition) is 4. The summed E-state index contributed by atoms with van der Waals surface area (Å²) in [7, 11) is 1.66. The average Bonchev–Trinajstić information content (AvgIpc) is 2.93. The molecule has 2 fully saturated rings. The molecule has 1 aromatic carbocycles. The molecule has 170 valence electrons. The van der Waals surface area contributed by atoms with Crippen LogP contribution in [0.3, 0.4) is 0 Å². The first kappa shape index (κ1) is 23.1. The molecule has 4 amide bonds. The van der Waals surface area contributed by atoms with Crippen molar-refractivity contribution in [3.05, 3.63) is 29.8 Å². The summed E-state index contributed by atoms with van der Waals surface area (Å²) in [4.78, 5) is 40.9. The van der Waals surface area contributed by atoms with Crippen LogP contribution in [0.5, 0.6) is 5.75 Å². The van der Waals surface area contributed by atoms with Crippen LogP contribution >= 0.6 is 0 Å². The van der Waals surface area contributed by atoms with Crippen molar-refractivity contribution >= 4 is 17.8 Å². The van der Waals surface area contributed by atoms with Crippen molar-refractivity contribution in [2.75, 3.05) is 26.7 Å². The van der Waals surface area contributed by atoms with Crippen LogP contribution in [0, 0.1) is 18.3 Å². The van der Waals surface area contributed by atoms with Crippen LogP contribution in [-0.2, 0) is 9.59 Å². The van der Waals surface area contributed by atoms with E-state index in [1.54, 1.807) is 7.05 Å². The average molecular weight is 430 g/mol. The lowest BCUT2D eigenvalue weighted by Gasteiger charge is -2.40. The van der Waals surface area contributed by atoms with E-state index >= 15 is 0 Å². The highest BCUT2D eigenvalue weighted by atomic mass is 16.5. The molecule has 0 unspecified atom stereocenters. The fourth-order valence-corrected chi connectivity index (χ4v) is 4.53. The van der Waals surface area contributed by atoms with Crippen molar-refractivity contribution in [1.29, 1.82) is 0 Å². The van der Waals surface area contributed by atoms with E-state index in [4.69, 9.17) is 4.74 Å². The molecule has 7 heteroatoms.